The summed E-state index contributed by atoms with van der Waals surface area (Å²) >= 11 is 0. The molecule has 0 bridgehead atoms. The summed E-state index contributed by atoms with van der Waals surface area (Å²) < 4.78 is 0. The van der Waals surface area contributed by atoms with E-state index in [9.17, 15) is 9.90 Å². The quantitative estimate of drug-likeness (QED) is 0.483. The van der Waals surface area contributed by atoms with Gasteiger partial charge in [0.1, 0.15) is 6.10 Å². The maximum absolute atomic E-state index is 12.9. The number of carbonyl (C=O) groups excluding carboxylic acids is 1. The van der Waals surface area contributed by atoms with Crippen LogP contribution in [0.3, 0.4) is 0 Å². The van der Waals surface area contributed by atoms with Crippen molar-refractivity contribution >= 4 is 5.78 Å². The molecule has 1 N–H and O–H groups in total. The highest BCUT2D eigenvalue weighted by atomic mass is 16.3. The van der Waals surface area contributed by atoms with Gasteiger partial charge in [-0.15, -0.1) is 0 Å². The van der Waals surface area contributed by atoms with Crippen LogP contribution in [0, 0.1) is 51.8 Å². The van der Waals surface area contributed by atoms with Gasteiger partial charge < -0.3 is 5.11 Å². The first-order valence-electron chi connectivity index (χ1n) is 13.6. The van der Waals surface area contributed by atoms with E-state index in [0.29, 0.717) is 17.8 Å². The monoisotopic (exact) mass is 426 g/mol. The SMILES string of the molecule is CC(C)CCC[C@@H](C)[C@H]1CC[C@H]2[C@@H]3CC=C4C5(CC5)C(=O)C(O)C[C@]4(C)[C@H]3CC[C@]12C. The van der Waals surface area contributed by atoms with Crippen molar-refractivity contribution in [2.24, 2.45) is 51.8 Å². The van der Waals surface area contributed by atoms with Gasteiger partial charge in [-0.05, 0) is 97.7 Å². The number of hydrogen-bond donors (Lipinski definition) is 1. The summed E-state index contributed by atoms with van der Waals surface area (Å²) in [6.07, 6.45) is 15.3. The van der Waals surface area contributed by atoms with Gasteiger partial charge in [-0.2, -0.15) is 0 Å². The van der Waals surface area contributed by atoms with Crippen molar-refractivity contribution in [1.29, 1.82) is 0 Å². The van der Waals surface area contributed by atoms with E-state index in [-0.39, 0.29) is 16.6 Å². The summed E-state index contributed by atoms with van der Waals surface area (Å²) in [5.41, 5.74) is 1.74. The molecule has 4 saturated carbocycles. The Morgan fingerprint density at radius 2 is 1.77 bits per heavy atom. The molecular weight excluding hydrogens is 380 g/mol. The van der Waals surface area contributed by atoms with Crippen molar-refractivity contribution in [2.45, 2.75) is 111 Å². The van der Waals surface area contributed by atoms with Gasteiger partial charge in [-0.3, -0.25) is 4.79 Å². The fourth-order valence-corrected chi connectivity index (χ4v) is 9.71. The minimum atomic E-state index is -0.728. The van der Waals surface area contributed by atoms with E-state index in [1.54, 1.807) is 0 Å². The van der Waals surface area contributed by atoms with Crippen molar-refractivity contribution in [3.8, 4) is 0 Å². The summed E-state index contributed by atoms with van der Waals surface area (Å²) in [4.78, 5) is 12.9. The van der Waals surface area contributed by atoms with Gasteiger partial charge in [0.2, 0.25) is 0 Å². The van der Waals surface area contributed by atoms with E-state index < -0.39 is 6.10 Å². The highest BCUT2D eigenvalue weighted by molar-refractivity contribution is 5.95. The molecule has 2 heteroatoms. The molecule has 0 heterocycles. The van der Waals surface area contributed by atoms with Gasteiger partial charge in [0.05, 0.1) is 5.41 Å². The molecule has 0 aromatic carbocycles. The van der Waals surface area contributed by atoms with Crippen LogP contribution in [0.15, 0.2) is 11.6 Å². The third kappa shape index (κ3) is 3.17. The summed E-state index contributed by atoms with van der Waals surface area (Å²) in [6.45, 7) is 12.3. The van der Waals surface area contributed by atoms with Crippen LogP contribution >= 0.6 is 0 Å². The number of carbonyl (C=O) groups is 1. The minimum Gasteiger partial charge on any atom is -0.385 e. The third-order valence-corrected chi connectivity index (χ3v) is 11.3. The molecule has 1 unspecified atom stereocenters. The molecule has 0 aromatic heterocycles. The Labute approximate surface area is 190 Å². The van der Waals surface area contributed by atoms with Crippen LogP contribution in [0.2, 0.25) is 0 Å². The fourth-order valence-electron chi connectivity index (χ4n) is 9.71. The predicted molar refractivity (Wildman–Crippen MR) is 126 cm³/mol. The molecular formula is C29H46O2. The van der Waals surface area contributed by atoms with Crippen molar-refractivity contribution < 1.29 is 9.90 Å². The molecule has 0 amide bonds. The van der Waals surface area contributed by atoms with Crippen LogP contribution in [0.4, 0.5) is 0 Å². The predicted octanol–water partition coefficient (Wildman–Crippen LogP) is 6.96. The molecule has 1 spiro atoms. The molecule has 8 atom stereocenters. The molecule has 0 aromatic rings. The number of rotatable bonds is 5. The molecule has 4 fully saturated rings. The van der Waals surface area contributed by atoms with E-state index in [1.165, 1.54) is 56.9 Å². The molecule has 0 aliphatic heterocycles. The Morgan fingerprint density at radius 1 is 1.03 bits per heavy atom. The molecule has 174 valence electrons. The normalized spacial score (nSPS) is 46.4. The summed E-state index contributed by atoms with van der Waals surface area (Å²) in [7, 11) is 0. The van der Waals surface area contributed by atoms with Gasteiger partial charge in [0, 0.05) is 0 Å². The van der Waals surface area contributed by atoms with E-state index in [2.05, 4.69) is 40.7 Å². The highest BCUT2D eigenvalue weighted by Crippen LogP contribution is 2.72. The summed E-state index contributed by atoms with van der Waals surface area (Å²) in [6, 6.07) is 0. The number of allylic oxidation sites excluding steroid dienone is 2. The smallest absolute Gasteiger partial charge is 0.171 e. The van der Waals surface area contributed by atoms with Gasteiger partial charge in [0.25, 0.3) is 0 Å². The number of aliphatic hydroxyl groups excluding tert-OH is 1. The van der Waals surface area contributed by atoms with Crippen molar-refractivity contribution in [1.82, 2.24) is 0 Å². The molecule has 31 heavy (non-hydrogen) atoms. The fraction of sp³-hybridized carbons (Fsp3) is 0.897. The van der Waals surface area contributed by atoms with Gasteiger partial charge >= 0.3 is 0 Å². The van der Waals surface area contributed by atoms with E-state index in [1.807, 2.05) is 0 Å². The molecule has 0 radical (unpaired) electrons. The van der Waals surface area contributed by atoms with Crippen molar-refractivity contribution in [2.75, 3.05) is 0 Å². The molecule has 5 rings (SSSR count). The molecule has 5 aliphatic carbocycles. The van der Waals surface area contributed by atoms with Crippen LogP contribution < -0.4 is 0 Å². The molecule has 2 nitrogen and oxygen atoms in total. The lowest BCUT2D eigenvalue weighted by atomic mass is 9.45. The van der Waals surface area contributed by atoms with Crippen LogP contribution in [-0.4, -0.2) is 17.0 Å². The van der Waals surface area contributed by atoms with Gasteiger partial charge in [0.15, 0.2) is 5.78 Å². The Balaban J connectivity index is 1.37. The van der Waals surface area contributed by atoms with Crippen LogP contribution in [0.25, 0.3) is 0 Å². The Bertz CT molecular complexity index is 761. The summed E-state index contributed by atoms with van der Waals surface area (Å²) in [5.74, 6) is 4.97. The maximum Gasteiger partial charge on any atom is 0.171 e. The Kier molecular flexibility index (Phi) is 5.32. The zero-order valence-corrected chi connectivity index (χ0v) is 20.8. The third-order valence-electron chi connectivity index (χ3n) is 11.3. The first-order chi connectivity index (χ1) is 14.6. The molecule has 0 saturated heterocycles. The highest BCUT2D eigenvalue weighted by Gasteiger charge is 2.67. The van der Waals surface area contributed by atoms with Crippen LogP contribution in [0.1, 0.15) is 105 Å². The first kappa shape index (κ1) is 22.2. The van der Waals surface area contributed by atoms with E-state index in [0.717, 1.165) is 42.4 Å². The standard InChI is InChI=1S/C29H46O2/c1-18(2)7-6-8-19(3)21-10-11-22-20-9-12-25-28(5,23(20)13-14-27(21,22)4)17-24(30)26(31)29(25)15-16-29/h12,18-24,30H,6-11,13-17H2,1-5H3/t19-,20+,21-,22+,23+,24?,27-,28-/m1/s1. The lowest BCUT2D eigenvalue weighted by molar-refractivity contribution is -0.141. The average molecular weight is 427 g/mol. The van der Waals surface area contributed by atoms with Crippen LogP contribution in [0.5, 0.6) is 0 Å². The molecule has 5 aliphatic rings. The Morgan fingerprint density at radius 3 is 2.45 bits per heavy atom. The van der Waals surface area contributed by atoms with Crippen molar-refractivity contribution in [3.63, 3.8) is 0 Å². The lowest BCUT2D eigenvalue weighted by Crippen LogP contribution is -2.55. The average Bonchev–Trinajstić information content (AvgIpc) is 3.40. The second-order valence-electron chi connectivity index (χ2n) is 13.3. The zero-order chi connectivity index (χ0) is 22.2. The lowest BCUT2D eigenvalue weighted by Gasteiger charge is -2.59. The number of aliphatic hydroxyl groups is 1. The second kappa shape index (κ2) is 7.44. The second-order valence-corrected chi connectivity index (χ2v) is 13.3. The van der Waals surface area contributed by atoms with Crippen molar-refractivity contribution in [3.05, 3.63) is 11.6 Å². The summed E-state index contributed by atoms with van der Waals surface area (Å²) in [5, 5.41) is 10.7. The zero-order valence-electron chi connectivity index (χ0n) is 20.8. The number of ketones is 1. The van der Waals surface area contributed by atoms with Gasteiger partial charge in [-0.1, -0.05) is 65.5 Å². The van der Waals surface area contributed by atoms with Gasteiger partial charge in [-0.25, -0.2) is 0 Å². The number of hydrogen-bond acceptors (Lipinski definition) is 2. The Hall–Kier alpha value is -0.630. The largest absolute Gasteiger partial charge is 0.385 e. The topological polar surface area (TPSA) is 37.3 Å². The minimum absolute atomic E-state index is 0.0506. The van der Waals surface area contributed by atoms with E-state index in [4.69, 9.17) is 0 Å². The number of fused-ring (bicyclic) bond motifs is 6. The maximum atomic E-state index is 12.9. The van der Waals surface area contributed by atoms with Crippen LogP contribution in [-0.2, 0) is 4.79 Å². The first-order valence-corrected chi connectivity index (χ1v) is 13.6. The van der Waals surface area contributed by atoms with E-state index >= 15 is 0 Å². The number of Topliss-reactive ketones (excluding diaryl/α,β-unsaturated/α-hetero) is 1.